The summed E-state index contributed by atoms with van der Waals surface area (Å²) in [5.74, 6) is 0.420. The summed E-state index contributed by atoms with van der Waals surface area (Å²) >= 11 is 11.7. The van der Waals surface area contributed by atoms with Crippen LogP contribution >= 0.6 is 23.2 Å². The molecule has 0 radical (unpaired) electrons. The van der Waals surface area contributed by atoms with Gasteiger partial charge in [0.1, 0.15) is 6.61 Å². The normalized spacial score (nSPS) is 10.4. The Kier molecular flexibility index (Phi) is 4.42. The number of hydrogen-bond donors (Lipinski definition) is 1. The van der Waals surface area contributed by atoms with E-state index in [9.17, 15) is 0 Å². The third-order valence-corrected chi connectivity index (χ3v) is 2.93. The van der Waals surface area contributed by atoms with Crippen molar-refractivity contribution >= 4 is 23.2 Å². The molecular formula is C13H11Cl2NO2. The van der Waals surface area contributed by atoms with Gasteiger partial charge >= 0.3 is 0 Å². The Balaban J connectivity index is 2.06. The number of halogens is 2. The first kappa shape index (κ1) is 13.1. The molecule has 0 aliphatic heterocycles. The van der Waals surface area contributed by atoms with Crippen LogP contribution in [0.15, 0.2) is 36.5 Å². The number of rotatable bonds is 4. The average Bonchev–Trinajstić information content (AvgIpc) is 2.38. The van der Waals surface area contributed by atoms with E-state index in [1.807, 2.05) is 18.2 Å². The van der Waals surface area contributed by atoms with Crippen LogP contribution in [0.25, 0.3) is 0 Å². The lowest BCUT2D eigenvalue weighted by atomic mass is 10.2. The lowest BCUT2D eigenvalue weighted by Gasteiger charge is -2.07. The predicted octanol–water partition coefficient (Wildman–Crippen LogP) is 3.46. The van der Waals surface area contributed by atoms with Crippen molar-refractivity contribution in [2.45, 2.75) is 13.2 Å². The SMILES string of the molecule is OCc1cc(OCc2cccc(Cl)c2)ncc1Cl. The third-order valence-electron chi connectivity index (χ3n) is 2.36. The molecule has 0 atom stereocenters. The van der Waals surface area contributed by atoms with Crippen molar-refractivity contribution in [2.24, 2.45) is 0 Å². The maximum absolute atomic E-state index is 9.08. The maximum Gasteiger partial charge on any atom is 0.213 e. The first-order valence-corrected chi connectivity index (χ1v) is 6.07. The van der Waals surface area contributed by atoms with E-state index >= 15 is 0 Å². The molecule has 0 saturated carbocycles. The molecule has 0 aliphatic rings. The summed E-state index contributed by atoms with van der Waals surface area (Å²) in [7, 11) is 0. The number of aliphatic hydroxyl groups excluding tert-OH is 1. The fourth-order valence-electron chi connectivity index (χ4n) is 1.44. The van der Waals surface area contributed by atoms with Crippen LogP contribution in [0.3, 0.4) is 0 Å². The number of pyridine rings is 1. The summed E-state index contributed by atoms with van der Waals surface area (Å²) in [6, 6.07) is 9.01. The standard InChI is InChI=1S/C13H11Cl2NO2/c14-11-3-1-2-9(4-11)8-18-13-5-10(7-17)12(15)6-16-13/h1-6,17H,7-8H2. The van der Waals surface area contributed by atoms with E-state index in [-0.39, 0.29) is 6.61 Å². The van der Waals surface area contributed by atoms with Crippen molar-refractivity contribution in [3.63, 3.8) is 0 Å². The van der Waals surface area contributed by atoms with Gasteiger partial charge in [-0.25, -0.2) is 4.98 Å². The van der Waals surface area contributed by atoms with Crippen LogP contribution in [0.4, 0.5) is 0 Å². The summed E-state index contributed by atoms with van der Waals surface area (Å²) in [4.78, 5) is 4.03. The largest absolute Gasteiger partial charge is 0.473 e. The first-order valence-electron chi connectivity index (χ1n) is 5.31. The fraction of sp³-hybridized carbons (Fsp3) is 0.154. The van der Waals surface area contributed by atoms with Gasteiger partial charge in [-0.2, -0.15) is 0 Å². The molecule has 94 valence electrons. The van der Waals surface area contributed by atoms with Gasteiger partial charge < -0.3 is 9.84 Å². The number of benzene rings is 1. The molecule has 0 amide bonds. The molecule has 0 fully saturated rings. The van der Waals surface area contributed by atoms with E-state index in [4.69, 9.17) is 33.0 Å². The molecule has 1 heterocycles. The molecule has 1 aromatic heterocycles. The molecular weight excluding hydrogens is 273 g/mol. The van der Waals surface area contributed by atoms with Crippen LogP contribution in [0.5, 0.6) is 5.88 Å². The smallest absolute Gasteiger partial charge is 0.213 e. The summed E-state index contributed by atoms with van der Waals surface area (Å²) in [6.07, 6.45) is 1.46. The molecule has 3 nitrogen and oxygen atoms in total. The van der Waals surface area contributed by atoms with Gasteiger partial charge in [0, 0.05) is 22.8 Å². The Bertz CT molecular complexity index is 546. The van der Waals surface area contributed by atoms with Crippen LogP contribution in [-0.4, -0.2) is 10.1 Å². The van der Waals surface area contributed by atoms with Crippen LogP contribution in [0.2, 0.25) is 10.0 Å². The molecule has 0 spiro atoms. The van der Waals surface area contributed by atoms with Gasteiger partial charge in [0.25, 0.3) is 0 Å². The van der Waals surface area contributed by atoms with Gasteiger partial charge in [0.15, 0.2) is 0 Å². The number of hydrogen-bond acceptors (Lipinski definition) is 3. The highest BCUT2D eigenvalue weighted by molar-refractivity contribution is 6.31. The van der Waals surface area contributed by atoms with Crippen molar-refractivity contribution in [3.05, 3.63) is 57.7 Å². The summed E-state index contributed by atoms with van der Waals surface area (Å²) in [6.45, 7) is 0.217. The molecule has 0 bridgehead atoms. The van der Waals surface area contributed by atoms with Gasteiger partial charge in [-0.1, -0.05) is 35.3 Å². The molecule has 0 unspecified atom stereocenters. The van der Waals surface area contributed by atoms with Gasteiger partial charge in [-0.05, 0) is 17.7 Å². The van der Waals surface area contributed by atoms with Crippen LogP contribution < -0.4 is 4.74 Å². The monoisotopic (exact) mass is 283 g/mol. The van der Waals surface area contributed by atoms with E-state index in [0.717, 1.165) is 5.56 Å². The van der Waals surface area contributed by atoms with E-state index in [0.29, 0.717) is 28.1 Å². The van der Waals surface area contributed by atoms with E-state index in [1.165, 1.54) is 6.20 Å². The molecule has 18 heavy (non-hydrogen) atoms. The average molecular weight is 284 g/mol. The molecule has 2 aromatic rings. The third kappa shape index (κ3) is 3.35. The van der Waals surface area contributed by atoms with Crippen molar-refractivity contribution in [2.75, 3.05) is 0 Å². The quantitative estimate of drug-likeness (QED) is 0.934. The zero-order chi connectivity index (χ0) is 13.0. The Morgan fingerprint density at radius 1 is 1.22 bits per heavy atom. The number of aliphatic hydroxyl groups is 1. The number of nitrogens with zero attached hydrogens (tertiary/aromatic N) is 1. The fourth-order valence-corrected chi connectivity index (χ4v) is 1.82. The van der Waals surface area contributed by atoms with Crippen LogP contribution in [0, 0.1) is 0 Å². The van der Waals surface area contributed by atoms with Crippen molar-refractivity contribution in [1.29, 1.82) is 0 Å². The van der Waals surface area contributed by atoms with Crippen molar-refractivity contribution in [1.82, 2.24) is 4.98 Å². The molecule has 0 aliphatic carbocycles. The second kappa shape index (κ2) is 6.05. The second-order valence-electron chi connectivity index (χ2n) is 3.69. The Morgan fingerprint density at radius 2 is 2.06 bits per heavy atom. The van der Waals surface area contributed by atoms with Crippen LogP contribution in [0.1, 0.15) is 11.1 Å². The van der Waals surface area contributed by atoms with E-state index in [2.05, 4.69) is 4.98 Å². The highest BCUT2D eigenvalue weighted by Gasteiger charge is 2.04. The van der Waals surface area contributed by atoms with E-state index in [1.54, 1.807) is 12.1 Å². The van der Waals surface area contributed by atoms with Gasteiger partial charge in [-0.3, -0.25) is 0 Å². The summed E-state index contributed by atoms with van der Waals surface area (Å²) < 4.78 is 5.51. The van der Waals surface area contributed by atoms with Crippen molar-refractivity contribution in [3.8, 4) is 5.88 Å². The second-order valence-corrected chi connectivity index (χ2v) is 4.53. The molecule has 1 aromatic carbocycles. The Labute approximate surface area is 115 Å². The minimum Gasteiger partial charge on any atom is -0.473 e. The summed E-state index contributed by atoms with van der Waals surface area (Å²) in [5.41, 5.74) is 1.54. The molecule has 2 rings (SSSR count). The number of aromatic nitrogens is 1. The minimum absolute atomic E-state index is 0.144. The molecule has 5 heteroatoms. The Hall–Kier alpha value is -1.29. The Morgan fingerprint density at radius 3 is 2.78 bits per heavy atom. The predicted molar refractivity (Wildman–Crippen MR) is 71.0 cm³/mol. The molecule has 1 N–H and O–H groups in total. The minimum atomic E-state index is -0.144. The van der Waals surface area contributed by atoms with E-state index < -0.39 is 0 Å². The lowest BCUT2D eigenvalue weighted by Crippen LogP contribution is -1.98. The van der Waals surface area contributed by atoms with Gasteiger partial charge in [0.05, 0.1) is 11.6 Å². The highest BCUT2D eigenvalue weighted by atomic mass is 35.5. The molecule has 0 saturated heterocycles. The van der Waals surface area contributed by atoms with Crippen LogP contribution in [-0.2, 0) is 13.2 Å². The first-order chi connectivity index (χ1) is 8.69. The number of ether oxygens (including phenoxy) is 1. The highest BCUT2D eigenvalue weighted by Crippen LogP contribution is 2.20. The lowest BCUT2D eigenvalue weighted by molar-refractivity contribution is 0.275. The van der Waals surface area contributed by atoms with Gasteiger partial charge in [-0.15, -0.1) is 0 Å². The van der Waals surface area contributed by atoms with Crippen molar-refractivity contribution < 1.29 is 9.84 Å². The zero-order valence-corrected chi connectivity index (χ0v) is 10.9. The maximum atomic E-state index is 9.08. The zero-order valence-electron chi connectivity index (χ0n) is 9.44. The van der Waals surface area contributed by atoms with Gasteiger partial charge in [0.2, 0.25) is 5.88 Å². The topological polar surface area (TPSA) is 42.4 Å². The summed E-state index contributed by atoms with van der Waals surface area (Å²) in [5, 5.41) is 10.2.